The van der Waals surface area contributed by atoms with E-state index in [9.17, 15) is 5.11 Å². The van der Waals surface area contributed by atoms with Crippen LogP contribution in [-0.2, 0) is 28.4 Å². The van der Waals surface area contributed by atoms with Crippen molar-refractivity contribution in [2.24, 2.45) is 40.4 Å². The van der Waals surface area contributed by atoms with E-state index in [-0.39, 0.29) is 29.5 Å². The quantitative estimate of drug-likeness (QED) is 0.152. The summed E-state index contributed by atoms with van der Waals surface area (Å²) in [7, 11) is 0. The smallest absolute Gasteiger partial charge is 0.174 e. The minimum absolute atomic E-state index is 0.177. The highest BCUT2D eigenvalue weighted by atomic mass is 19.1. The predicted octanol–water partition coefficient (Wildman–Crippen LogP) is 9.25. The van der Waals surface area contributed by atoms with Gasteiger partial charge in [0.05, 0.1) is 11.7 Å². The Kier molecular flexibility index (Phi) is 12.0. The number of ether oxygens (including phenoxy) is 6. The number of allylic oxidation sites excluding steroid dienone is 1. The molecule has 6 aliphatic rings. The summed E-state index contributed by atoms with van der Waals surface area (Å²) in [5.41, 5.74) is 0.507. The average Bonchev–Trinajstić information content (AvgIpc) is 3.42. The van der Waals surface area contributed by atoms with Gasteiger partial charge in [0.1, 0.15) is 6.17 Å². The molecule has 6 rings (SSSR count). The molecule has 0 amide bonds. The van der Waals surface area contributed by atoms with Crippen LogP contribution in [-0.4, -0.2) is 67.5 Å². The summed E-state index contributed by atoms with van der Waals surface area (Å²) < 4.78 is 52.6. The molecule has 0 bridgehead atoms. The Bertz CT molecular complexity index is 1120. The van der Waals surface area contributed by atoms with Crippen molar-refractivity contribution in [1.82, 2.24) is 0 Å². The number of halogens is 1. The van der Waals surface area contributed by atoms with Crippen LogP contribution in [0, 0.1) is 40.4 Å². The molecule has 5 fully saturated rings. The summed E-state index contributed by atoms with van der Waals surface area (Å²) in [4.78, 5) is 0. The molecule has 3 saturated carbocycles. The van der Waals surface area contributed by atoms with E-state index in [0.29, 0.717) is 62.1 Å². The predicted molar refractivity (Wildman–Crippen MR) is 188 cm³/mol. The second-order valence-electron chi connectivity index (χ2n) is 17.8. The maximum atomic E-state index is 15.6. The fourth-order valence-corrected chi connectivity index (χ4v) is 11.7. The van der Waals surface area contributed by atoms with E-state index in [0.717, 1.165) is 64.4 Å². The molecule has 2 aliphatic heterocycles. The largest absolute Gasteiger partial charge is 0.365 e. The highest BCUT2D eigenvalue weighted by Crippen LogP contribution is 2.68. The van der Waals surface area contributed by atoms with Crippen molar-refractivity contribution in [3.05, 3.63) is 11.6 Å². The molecule has 2 heterocycles. The number of hydrogen-bond acceptors (Lipinski definition) is 7. The molecule has 13 atom stereocenters. The van der Waals surface area contributed by atoms with Crippen molar-refractivity contribution >= 4 is 0 Å². The Balaban J connectivity index is 1.17. The lowest BCUT2D eigenvalue weighted by molar-refractivity contribution is -0.331. The standard InChI is InChI=1S/C41H69FO7/c1-8-44-28(3)48-38(4,5)34(42)20-15-27(2)31-18-19-32-30-17-16-29-25-41(43,49-37-14-10-12-24-46-37)26-35(47-36-13-9-11-23-45-36)40(29,7)33(30)21-22-39(31,32)6/h16,27-28,30-37,43H,8-15,17-26H2,1-7H3/t27-,28?,30+,31-,32+,33+,34+,35+,36?,37?,39-,40+,41+/m1/s1. The normalized spacial score (nSPS) is 43.1. The van der Waals surface area contributed by atoms with E-state index in [2.05, 4.69) is 26.8 Å². The van der Waals surface area contributed by atoms with E-state index in [1.165, 1.54) is 24.8 Å². The van der Waals surface area contributed by atoms with Crippen molar-refractivity contribution in [1.29, 1.82) is 0 Å². The molecule has 282 valence electrons. The molecular weight excluding hydrogens is 623 g/mol. The third-order valence-electron chi connectivity index (χ3n) is 14.4. The van der Waals surface area contributed by atoms with Gasteiger partial charge in [-0.2, -0.15) is 0 Å². The summed E-state index contributed by atoms with van der Waals surface area (Å²) >= 11 is 0. The average molecular weight is 693 g/mol. The van der Waals surface area contributed by atoms with Crippen LogP contribution in [0.4, 0.5) is 4.39 Å². The van der Waals surface area contributed by atoms with Crippen LogP contribution in [0.1, 0.15) is 145 Å². The van der Waals surface area contributed by atoms with E-state index in [4.69, 9.17) is 28.4 Å². The first-order valence-corrected chi connectivity index (χ1v) is 20.2. The Morgan fingerprint density at radius 2 is 1.67 bits per heavy atom. The van der Waals surface area contributed by atoms with Crippen LogP contribution in [0.2, 0.25) is 0 Å². The molecule has 8 heteroatoms. The third-order valence-corrected chi connectivity index (χ3v) is 14.4. The van der Waals surface area contributed by atoms with Crippen molar-refractivity contribution in [3.8, 4) is 0 Å². The molecule has 4 aliphatic carbocycles. The zero-order chi connectivity index (χ0) is 35.0. The van der Waals surface area contributed by atoms with E-state index >= 15 is 4.39 Å². The van der Waals surface area contributed by atoms with Gasteiger partial charge < -0.3 is 33.5 Å². The molecule has 0 spiro atoms. The Morgan fingerprint density at radius 1 is 0.959 bits per heavy atom. The van der Waals surface area contributed by atoms with Crippen LogP contribution in [0.25, 0.3) is 0 Å². The summed E-state index contributed by atoms with van der Waals surface area (Å²) in [5.74, 6) is 1.46. The SMILES string of the molecule is CCOC(C)OC(C)(C)[C@@H](F)CC[C@@H](C)[C@H]1CC[C@H]2[C@@H]3CC=C4C[C@](O)(OC5CCCCO5)C[C@H](OC5CCCCO5)[C@]4(C)[C@H]3CC[C@]12C. The molecular formula is C41H69FO7. The zero-order valence-electron chi connectivity index (χ0n) is 31.9. The lowest BCUT2D eigenvalue weighted by Gasteiger charge is -2.61. The van der Waals surface area contributed by atoms with Crippen LogP contribution in [0.15, 0.2) is 11.6 Å². The monoisotopic (exact) mass is 693 g/mol. The van der Waals surface area contributed by atoms with Crippen LogP contribution in [0.3, 0.4) is 0 Å². The topological polar surface area (TPSA) is 75.6 Å². The second-order valence-corrected chi connectivity index (χ2v) is 17.8. The second kappa shape index (κ2) is 15.4. The molecule has 2 saturated heterocycles. The highest BCUT2D eigenvalue weighted by Gasteiger charge is 2.63. The van der Waals surface area contributed by atoms with Crippen LogP contribution in [0.5, 0.6) is 0 Å². The van der Waals surface area contributed by atoms with Gasteiger partial charge in [-0.15, -0.1) is 0 Å². The number of alkyl halides is 1. The first-order chi connectivity index (χ1) is 23.3. The number of hydrogen-bond donors (Lipinski definition) is 1. The first kappa shape index (κ1) is 38.1. The van der Waals surface area contributed by atoms with Gasteiger partial charge in [0.2, 0.25) is 0 Å². The van der Waals surface area contributed by atoms with Crippen molar-refractivity contribution in [3.63, 3.8) is 0 Å². The number of rotatable bonds is 13. The van der Waals surface area contributed by atoms with Crippen molar-refractivity contribution < 1.29 is 37.9 Å². The lowest BCUT2D eigenvalue weighted by Crippen LogP contribution is -2.60. The zero-order valence-corrected chi connectivity index (χ0v) is 31.9. The maximum Gasteiger partial charge on any atom is 0.174 e. The molecule has 49 heavy (non-hydrogen) atoms. The molecule has 3 unspecified atom stereocenters. The van der Waals surface area contributed by atoms with E-state index in [1.807, 2.05) is 27.7 Å². The van der Waals surface area contributed by atoms with E-state index in [1.54, 1.807) is 0 Å². The van der Waals surface area contributed by atoms with Crippen LogP contribution >= 0.6 is 0 Å². The van der Waals surface area contributed by atoms with Gasteiger partial charge in [0, 0.05) is 38.1 Å². The Labute approximate surface area is 296 Å². The highest BCUT2D eigenvalue weighted by molar-refractivity contribution is 5.29. The molecule has 0 aromatic carbocycles. The summed E-state index contributed by atoms with van der Waals surface area (Å²) in [6.07, 6.45) is 14.5. The minimum Gasteiger partial charge on any atom is -0.365 e. The summed E-state index contributed by atoms with van der Waals surface area (Å²) in [5, 5.41) is 12.1. The number of aliphatic hydroxyl groups is 1. The molecule has 1 N–H and O–H groups in total. The molecule has 0 radical (unpaired) electrons. The number of fused-ring (bicyclic) bond motifs is 5. The molecule has 0 aromatic heterocycles. The van der Waals surface area contributed by atoms with Gasteiger partial charge in [-0.25, -0.2) is 4.39 Å². The summed E-state index contributed by atoms with van der Waals surface area (Å²) in [6.45, 7) is 16.9. The maximum absolute atomic E-state index is 15.6. The third kappa shape index (κ3) is 7.87. The van der Waals surface area contributed by atoms with Gasteiger partial charge in [0.15, 0.2) is 24.7 Å². The van der Waals surface area contributed by atoms with Gasteiger partial charge in [-0.05, 0) is 146 Å². The van der Waals surface area contributed by atoms with E-state index < -0.39 is 23.8 Å². The summed E-state index contributed by atoms with van der Waals surface area (Å²) in [6, 6.07) is 0. The fraction of sp³-hybridized carbons (Fsp3) is 0.951. The van der Waals surface area contributed by atoms with Crippen LogP contribution < -0.4 is 0 Å². The van der Waals surface area contributed by atoms with Gasteiger partial charge in [0.25, 0.3) is 0 Å². The van der Waals surface area contributed by atoms with Crippen molar-refractivity contribution in [2.75, 3.05) is 19.8 Å². The first-order valence-electron chi connectivity index (χ1n) is 20.2. The minimum atomic E-state index is -1.30. The van der Waals surface area contributed by atoms with Gasteiger partial charge in [-0.3, -0.25) is 0 Å². The van der Waals surface area contributed by atoms with Gasteiger partial charge >= 0.3 is 0 Å². The Morgan fingerprint density at radius 3 is 2.35 bits per heavy atom. The fourth-order valence-electron chi connectivity index (χ4n) is 11.7. The molecule has 0 aromatic rings. The Hall–Kier alpha value is -0.610. The van der Waals surface area contributed by atoms with Gasteiger partial charge in [-0.1, -0.05) is 32.4 Å². The molecule has 7 nitrogen and oxygen atoms in total. The lowest BCUT2D eigenvalue weighted by atomic mass is 9.46. The van der Waals surface area contributed by atoms with Crippen molar-refractivity contribution in [2.45, 2.75) is 187 Å².